The monoisotopic (exact) mass is 206 g/mol. The number of benzene rings is 1. The molecule has 0 radical (unpaired) electrons. The van der Waals surface area contributed by atoms with E-state index in [2.05, 4.69) is 29.5 Å². The Labute approximate surface area is 87.9 Å². The first-order chi connectivity index (χ1) is 6.68. The molecule has 0 bridgehead atoms. The second-order valence-electron chi connectivity index (χ2n) is 3.74. The number of rotatable bonds is 2. The summed E-state index contributed by atoms with van der Waals surface area (Å²) in [5, 5.41) is 1.30. The fourth-order valence-electron chi connectivity index (χ4n) is 1.74. The zero-order chi connectivity index (χ0) is 10.1. The highest BCUT2D eigenvalue weighted by atomic mass is 32.1. The van der Waals surface area contributed by atoms with Crippen LogP contribution in [0.1, 0.15) is 18.2 Å². The highest BCUT2D eigenvalue weighted by molar-refractivity contribution is 7.13. The summed E-state index contributed by atoms with van der Waals surface area (Å²) in [6.45, 7) is 4.09. The van der Waals surface area contributed by atoms with Gasteiger partial charge in [0.2, 0.25) is 0 Å². The SMILES string of the molecule is Cc1nsc2cccc(CC(C)N)c12. The Morgan fingerprint density at radius 3 is 3.00 bits per heavy atom. The quantitative estimate of drug-likeness (QED) is 0.820. The Bertz CT molecular complexity index is 445. The smallest absolute Gasteiger partial charge is 0.0592 e. The molecule has 2 aromatic rings. The van der Waals surface area contributed by atoms with Crippen molar-refractivity contribution < 1.29 is 0 Å². The maximum atomic E-state index is 5.82. The van der Waals surface area contributed by atoms with Crippen molar-refractivity contribution in [2.75, 3.05) is 0 Å². The van der Waals surface area contributed by atoms with Crippen LogP contribution in [0.15, 0.2) is 18.2 Å². The molecule has 1 aromatic heterocycles. The molecule has 1 aromatic carbocycles. The van der Waals surface area contributed by atoms with Crippen LogP contribution in [0, 0.1) is 6.92 Å². The van der Waals surface area contributed by atoms with E-state index in [1.54, 1.807) is 11.5 Å². The molecular formula is C11H14N2S. The number of nitrogens with zero attached hydrogens (tertiary/aromatic N) is 1. The predicted molar refractivity (Wildman–Crippen MR) is 61.7 cm³/mol. The molecular weight excluding hydrogens is 192 g/mol. The first-order valence-corrected chi connectivity index (χ1v) is 5.55. The summed E-state index contributed by atoms with van der Waals surface area (Å²) in [4.78, 5) is 0. The molecule has 0 aliphatic carbocycles. The van der Waals surface area contributed by atoms with Gasteiger partial charge in [0.25, 0.3) is 0 Å². The van der Waals surface area contributed by atoms with E-state index in [0.717, 1.165) is 12.1 Å². The summed E-state index contributed by atoms with van der Waals surface area (Å²) in [7, 11) is 0. The number of hydrogen-bond acceptors (Lipinski definition) is 3. The van der Waals surface area contributed by atoms with Crippen LogP contribution in [0.3, 0.4) is 0 Å². The van der Waals surface area contributed by atoms with Crippen molar-refractivity contribution >= 4 is 21.6 Å². The lowest BCUT2D eigenvalue weighted by atomic mass is 10.0. The van der Waals surface area contributed by atoms with E-state index < -0.39 is 0 Å². The lowest BCUT2D eigenvalue weighted by molar-refractivity contribution is 0.741. The molecule has 0 saturated heterocycles. The van der Waals surface area contributed by atoms with Crippen LogP contribution in [-0.2, 0) is 6.42 Å². The van der Waals surface area contributed by atoms with E-state index in [-0.39, 0.29) is 6.04 Å². The van der Waals surface area contributed by atoms with Crippen molar-refractivity contribution in [2.24, 2.45) is 5.73 Å². The molecule has 0 fully saturated rings. The normalized spacial score (nSPS) is 13.4. The molecule has 0 amide bonds. The first-order valence-electron chi connectivity index (χ1n) is 4.78. The van der Waals surface area contributed by atoms with Crippen LogP contribution in [0.5, 0.6) is 0 Å². The zero-order valence-electron chi connectivity index (χ0n) is 8.45. The van der Waals surface area contributed by atoms with E-state index in [4.69, 9.17) is 5.73 Å². The standard InChI is InChI=1S/C11H14N2S/c1-7(12)6-9-4-3-5-10-11(9)8(2)13-14-10/h3-5,7H,6,12H2,1-2H3. The van der Waals surface area contributed by atoms with E-state index in [9.17, 15) is 0 Å². The van der Waals surface area contributed by atoms with Gasteiger partial charge in [-0.3, -0.25) is 0 Å². The van der Waals surface area contributed by atoms with Gasteiger partial charge in [0, 0.05) is 11.4 Å². The lowest BCUT2D eigenvalue weighted by Gasteiger charge is -2.06. The molecule has 3 heteroatoms. The van der Waals surface area contributed by atoms with Crippen molar-refractivity contribution in [1.82, 2.24) is 4.37 Å². The van der Waals surface area contributed by atoms with E-state index >= 15 is 0 Å². The molecule has 1 atom stereocenters. The first kappa shape index (κ1) is 9.62. The number of fused-ring (bicyclic) bond motifs is 1. The number of hydrogen-bond donors (Lipinski definition) is 1. The molecule has 0 spiro atoms. The summed E-state index contributed by atoms with van der Waals surface area (Å²) in [6.07, 6.45) is 0.927. The summed E-state index contributed by atoms with van der Waals surface area (Å²) in [6, 6.07) is 6.55. The summed E-state index contributed by atoms with van der Waals surface area (Å²) in [5.41, 5.74) is 8.27. The molecule has 2 rings (SSSR count). The number of aromatic nitrogens is 1. The fraction of sp³-hybridized carbons (Fsp3) is 0.364. The zero-order valence-corrected chi connectivity index (χ0v) is 9.27. The molecule has 74 valence electrons. The Balaban J connectivity index is 2.57. The van der Waals surface area contributed by atoms with Crippen molar-refractivity contribution in [3.05, 3.63) is 29.5 Å². The van der Waals surface area contributed by atoms with Gasteiger partial charge < -0.3 is 5.73 Å². The summed E-state index contributed by atoms with van der Waals surface area (Å²) < 4.78 is 5.63. The van der Waals surface area contributed by atoms with Gasteiger partial charge in [-0.25, -0.2) is 0 Å². The topological polar surface area (TPSA) is 38.9 Å². The van der Waals surface area contributed by atoms with Crippen molar-refractivity contribution in [3.8, 4) is 0 Å². The van der Waals surface area contributed by atoms with E-state index in [1.165, 1.54) is 15.6 Å². The Morgan fingerprint density at radius 2 is 2.29 bits per heavy atom. The molecule has 1 unspecified atom stereocenters. The molecule has 0 saturated carbocycles. The Hall–Kier alpha value is -0.930. The second kappa shape index (κ2) is 3.67. The summed E-state index contributed by atoms with van der Waals surface area (Å²) in [5.74, 6) is 0. The number of nitrogens with two attached hydrogens (primary N) is 1. The minimum absolute atomic E-state index is 0.208. The van der Waals surface area contributed by atoms with Crippen molar-refractivity contribution in [2.45, 2.75) is 26.3 Å². The molecule has 1 heterocycles. The van der Waals surface area contributed by atoms with Gasteiger partial charge in [-0.05, 0) is 43.4 Å². The van der Waals surface area contributed by atoms with E-state index in [1.807, 2.05) is 6.92 Å². The van der Waals surface area contributed by atoms with Crippen LogP contribution in [0.4, 0.5) is 0 Å². The Morgan fingerprint density at radius 1 is 1.50 bits per heavy atom. The van der Waals surface area contributed by atoms with Gasteiger partial charge in [0.15, 0.2) is 0 Å². The average Bonchev–Trinajstić information content (AvgIpc) is 2.48. The van der Waals surface area contributed by atoms with Crippen LogP contribution >= 0.6 is 11.5 Å². The fourth-order valence-corrected chi connectivity index (χ4v) is 2.58. The lowest BCUT2D eigenvalue weighted by Crippen LogP contribution is -2.17. The predicted octanol–water partition coefficient (Wildman–Crippen LogP) is 2.49. The highest BCUT2D eigenvalue weighted by Gasteiger charge is 2.08. The minimum Gasteiger partial charge on any atom is -0.328 e. The maximum absolute atomic E-state index is 5.82. The molecule has 0 aliphatic rings. The average molecular weight is 206 g/mol. The van der Waals surface area contributed by atoms with Gasteiger partial charge >= 0.3 is 0 Å². The summed E-state index contributed by atoms with van der Waals surface area (Å²) >= 11 is 1.56. The molecule has 0 aliphatic heterocycles. The highest BCUT2D eigenvalue weighted by Crippen LogP contribution is 2.26. The minimum atomic E-state index is 0.208. The molecule has 2 nitrogen and oxygen atoms in total. The van der Waals surface area contributed by atoms with Crippen molar-refractivity contribution in [1.29, 1.82) is 0 Å². The third-order valence-corrected chi connectivity index (χ3v) is 3.20. The van der Waals surface area contributed by atoms with Gasteiger partial charge in [0.05, 0.1) is 10.4 Å². The van der Waals surface area contributed by atoms with Crippen LogP contribution in [0.2, 0.25) is 0 Å². The van der Waals surface area contributed by atoms with Crippen LogP contribution in [-0.4, -0.2) is 10.4 Å². The molecule has 14 heavy (non-hydrogen) atoms. The molecule has 2 N–H and O–H groups in total. The van der Waals surface area contributed by atoms with Gasteiger partial charge in [-0.15, -0.1) is 0 Å². The van der Waals surface area contributed by atoms with Crippen LogP contribution < -0.4 is 5.73 Å². The third-order valence-electron chi connectivity index (χ3n) is 2.30. The van der Waals surface area contributed by atoms with Gasteiger partial charge in [-0.2, -0.15) is 4.37 Å². The van der Waals surface area contributed by atoms with Gasteiger partial charge in [0.1, 0.15) is 0 Å². The second-order valence-corrected chi connectivity index (χ2v) is 4.54. The maximum Gasteiger partial charge on any atom is 0.0592 e. The largest absolute Gasteiger partial charge is 0.328 e. The van der Waals surface area contributed by atoms with Gasteiger partial charge in [-0.1, -0.05) is 12.1 Å². The number of aryl methyl sites for hydroxylation is 1. The van der Waals surface area contributed by atoms with Crippen molar-refractivity contribution in [3.63, 3.8) is 0 Å². The Kier molecular flexibility index (Phi) is 2.52. The third kappa shape index (κ3) is 1.65. The van der Waals surface area contributed by atoms with Crippen LogP contribution in [0.25, 0.3) is 10.1 Å². The van der Waals surface area contributed by atoms with E-state index in [0.29, 0.717) is 0 Å².